The van der Waals surface area contributed by atoms with Gasteiger partial charge in [0.15, 0.2) is 0 Å². The minimum Gasteiger partial charge on any atom is -0.756 e. The summed E-state index contributed by atoms with van der Waals surface area (Å²) in [5, 5.41) is 13.8. The van der Waals surface area contributed by atoms with Crippen LogP contribution in [-0.2, 0) is 18.4 Å². The van der Waals surface area contributed by atoms with E-state index in [1.165, 1.54) is 154 Å². The standard InChI is InChI=1S/C52H101N2O6P/c1-6-8-10-12-14-16-18-20-22-23-24-25-26-27-28-29-30-31-32-33-35-37-39-41-43-45-51(55)50(49-60-61(57,58)59-48-47-54(3,4)5)53-52(56)46-44-42-40-38-36-34-21-19-17-15-13-11-9-7-2/h13,15,19,21,43,45,50-51,55H,6-12,14,16-18,20,22-42,44,46-49H2,1-5H3,(H-,53,56,57,58)/b15-13-,21-19-,45-43+. The molecule has 0 aliphatic carbocycles. The highest BCUT2D eigenvalue weighted by Crippen LogP contribution is 2.38. The first-order chi connectivity index (χ1) is 29.5. The molecule has 3 atom stereocenters. The Balaban J connectivity index is 4.24. The van der Waals surface area contributed by atoms with Crippen LogP contribution < -0.4 is 10.2 Å². The van der Waals surface area contributed by atoms with E-state index in [1.54, 1.807) is 6.08 Å². The molecule has 0 aromatic rings. The molecule has 360 valence electrons. The van der Waals surface area contributed by atoms with Crippen molar-refractivity contribution in [2.24, 2.45) is 0 Å². The van der Waals surface area contributed by atoms with Gasteiger partial charge in [-0.3, -0.25) is 9.36 Å². The molecule has 0 bridgehead atoms. The quantitative estimate of drug-likeness (QED) is 0.0273. The highest BCUT2D eigenvalue weighted by molar-refractivity contribution is 7.45. The third-order valence-corrected chi connectivity index (χ3v) is 12.6. The number of likely N-dealkylation sites (N-methyl/N-ethyl adjacent to an activating group) is 1. The summed E-state index contributed by atoms with van der Waals surface area (Å²) in [4.78, 5) is 25.4. The molecule has 8 nitrogen and oxygen atoms in total. The monoisotopic (exact) mass is 881 g/mol. The van der Waals surface area contributed by atoms with E-state index >= 15 is 0 Å². The Morgan fingerprint density at radius 3 is 1.41 bits per heavy atom. The van der Waals surface area contributed by atoms with E-state index in [1.807, 2.05) is 27.2 Å². The van der Waals surface area contributed by atoms with Gasteiger partial charge in [-0.05, 0) is 44.9 Å². The van der Waals surface area contributed by atoms with Crippen molar-refractivity contribution in [2.45, 2.75) is 251 Å². The number of allylic oxidation sites excluding steroid dienone is 5. The highest BCUT2D eigenvalue weighted by atomic mass is 31.2. The number of hydrogen-bond acceptors (Lipinski definition) is 6. The third-order valence-electron chi connectivity index (χ3n) is 11.6. The second-order valence-electron chi connectivity index (χ2n) is 18.9. The number of amides is 1. The largest absolute Gasteiger partial charge is 0.756 e. The van der Waals surface area contributed by atoms with Crippen LogP contribution in [0.2, 0.25) is 0 Å². The van der Waals surface area contributed by atoms with Crippen LogP contribution >= 0.6 is 7.82 Å². The number of phosphoric acid groups is 1. The molecular formula is C52H101N2O6P. The third kappa shape index (κ3) is 46.5. The molecule has 0 fully saturated rings. The molecule has 0 saturated carbocycles. The summed E-state index contributed by atoms with van der Waals surface area (Å²) in [5.74, 6) is -0.211. The summed E-state index contributed by atoms with van der Waals surface area (Å²) in [7, 11) is 1.25. The van der Waals surface area contributed by atoms with Crippen LogP contribution in [0.25, 0.3) is 0 Å². The molecule has 61 heavy (non-hydrogen) atoms. The average molecular weight is 881 g/mol. The maximum Gasteiger partial charge on any atom is 0.268 e. The predicted octanol–water partition coefficient (Wildman–Crippen LogP) is 14.4. The summed E-state index contributed by atoms with van der Waals surface area (Å²) >= 11 is 0. The van der Waals surface area contributed by atoms with Gasteiger partial charge in [0.1, 0.15) is 13.2 Å². The maximum atomic E-state index is 12.9. The lowest BCUT2D eigenvalue weighted by atomic mass is 10.0. The SMILES string of the molecule is CCCC/C=C\C/C=C\CCCCCCCC(=O)NC(COP(=O)([O-])OCC[N+](C)(C)C)C(O)/C=C/CCCCCCCCCCCCCCCCCCCCCCCCC. The lowest BCUT2D eigenvalue weighted by Gasteiger charge is -2.29. The second-order valence-corrected chi connectivity index (χ2v) is 20.3. The van der Waals surface area contributed by atoms with Crippen molar-refractivity contribution in [3.63, 3.8) is 0 Å². The number of rotatable bonds is 47. The summed E-state index contributed by atoms with van der Waals surface area (Å²) in [6.07, 6.45) is 54.9. The van der Waals surface area contributed by atoms with Crippen LogP contribution in [-0.4, -0.2) is 68.5 Å². The molecule has 3 unspecified atom stereocenters. The van der Waals surface area contributed by atoms with E-state index in [-0.39, 0.29) is 19.1 Å². The number of unbranched alkanes of at least 4 members (excludes halogenated alkanes) is 30. The van der Waals surface area contributed by atoms with Gasteiger partial charge in [-0.15, -0.1) is 0 Å². The molecule has 0 aliphatic rings. The fourth-order valence-electron chi connectivity index (χ4n) is 7.46. The topological polar surface area (TPSA) is 108 Å². The van der Waals surface area contributed by atoms with Crippen LogP contribution in [0.5, 0.6) is 0 Å². The maximum absolute atomic E-state index is 12.9. The number of aliphatic hydroxyl groups is 1. The van der Waals surface area contributed by atoms with E-state index < -0.39 is 20.0 Å². The van der Waals surface area contributed by atoms with Crippen molar-refractivity contribution in [2.75, 3.05) is 40.9 Å². The first-order valence-electron chi connectivity index (χ1n) is 25.9. The molecule has 2 N–H and O–H groups in total. The Kier molecular flexibility index (Phi) is 43.0. The summed E-state index contributed by atoms with van der Waals surface area (Å²) < 4.78 is 23.3. The Labute approximate surface area is 378 Å². The number of carbonyl (C=O) groups is 1. The number of quaternary nitrogens is 1. The molecule has 0 saturated heterocycles. The van der Waals surface area contributed by atoms with Gasteiger partial charge in [-0.2, -0.15) is 0 Å². The zero-order valence-corrected chi connectivity index (χ0v) is 41.8. The predicted molar refractivity (Wildman–Crippen MR) is 261 cm³/mol. The number of aliphatic hydroxyl groups excluding tert-OH is 1. The van der Waals surface area contributed by atoms with Crippen LogP contribution in [0.1, 0.15) is 239 Å². The van der Waals surface area contributed by atoms with Crippen molar-refractivity contribution in [3.05, 3.63) is 36.5 Å². The molecule has 0 aromatic heterocycles. The van der Waals surface area contributed by atoms with Crippen molar-refractivity contribution in [1.29, 1.82) is 0 Å². The van der Waals surface area contributed by atoms with Gasteiger partial charge in [0.2, 0.25) is 5.91 Å². The molecule has 1 amide bonds. The zero-order chi connectivity index (χ0) is 45.0. The Morgan fingerprint density at radius 2 is 0.967 bits per heavy atom. The van der Waals surface area contributed by atoms with E-state index in [2.05, 4.69) is 43.5 Å². The number of carbonyl (C=O) groups excluding carboxylic acids is 1. The van der Waals surface area contributed by atoms with Gasteiger partial charge >= 0.3 is 0 Å². The van der Waals surface area contributed by atoms with Crippen LogP contribution in [0.3, 0.4) is 0 Å². The van der Waals surface area contributed by atoms with Crippen LogP contribution in [0, 0.1) is 0 Å². The van der Waals surface area contributed by atoms with E-state index in [0.717, 1.165) is 64.2 Å². The smallest absolute Gasteiger partial charge is 0.268 e. The minimum absolute atomic E-state index is 0.00389. The number of phosphoric ester groups is 1. The molecular weight excluding hydrogens is 780 g/mol. The lowest BCUT2D eigenvalue weighted by molar-refractivity contribution is -0.870. The fraction of sp³-hybridized carbons (Fsp3) is 0.865. The number of nitrogens with zero attached hydrogens (tertiary/aromatic N) is 1. The molecule has 0 aliphatic heterocycles. The molecule has 0 rings (SSSR count). The number of hydrogen-bond donors (Lipinski definition) is 2. The molecule has 9 heteroatoms. The Hall–Kier alpha value is -1.28. The van der Waals surface area contributed by atoms with Gasteiger partial charge < -0.3 is 28.8 Å². The second kappa shape index (κ2) is 43.9. The summed E-state index contributed by atoms with van der Waals surface area (Å²) in [5.41, 5.74) is 0. The molecule has 0 spiro atoms. The molecule has 0 aromatic carbocycles. The van der Waals surface area contributed by atoms with Crippen molar-refractivity contribution < 1.29 is 32.9 Å². The van der Waals surface area contributed by atoms with Gasteiger partial charge in [0, 0.05) is 6.42 Å². The minimum atomic E-state index is -4.59. The zero-order valence-electron chi connectivity index (χ0n) is 40.9. The molecule has 0 heterocycles. The average Bonchev–Trinajstić information content (AvgIpc) is 3.21. The van der Waals surface area contributed by atoms with Gasteiger partial charge in [-0.25, -0.2) is 0 Å². The van der Waals surface area contributed by atoms with Crippen molar-refractivity contribution in [3.8, 4) is 0 Å². The van der Waals surface area contributed by atoms with Crippen molar-refractivity contribution >= 4 is 13.7 Å². The van der Waals surface area contributed by atoms with Crippen molar-refractivity contribution in [1.82, 2.24) is 5.32 Å². The Morgan fingerprint density at radius 1 is 0.574 bits per heavy atom. The van der Waals surface area contributed by atoms with Crippen LogP contribution in [0.4, 0.5) is 0 Å². The first-order valence-corrected chi connectivity index (χ1v) is 27.3. The van der Waals surface area contributed by atoms with Crippen LogP contribution in [0.15, 0.2) is 36.5 Å². The summed E-state index contributed by atoms with van der Waals surface area (Å²) in [6, 6.07) is -0.893. The Bertz CT molecular complexity index is 1090. The first kappa shape index (κ1) is 59.7. The van der Waals surface area contributed by atoms with Gasteiger partial charge in [0.25, 0.3) is 7.82 Å². The lowest BCUT2D eigenvalue weighted by Crippen LogP contribution is -2.45. The normalized spacial score (nSPS) is 14.4. The fourth-order valence-corrected chi connectivity index (χ4v) is 8.19. The van der Waals surface area contributed by atoms with Gasteiger partial charge in [0.05, 0.1) is 39.9 Å². The molecule has 0 radical (unpaired) electrons. The van der Waals surface area contributed by atoms with Gasteiger partial charge in [-0.1, -0.05) is 224 Å². The summed E-state index contributed by atoms with van der Waals surface area (Å²) in [6.45, 7) is 4.61. The highest BCUT2D eigenvalue weighted by Gasteiger charge is 2.23. The number of nitrogens with one attached hydrogen (secondary N) is 1. The van der Waals surface area contributed by atoms with E-state index in [4.69, 9.17) is 9.05 Å². The van der Waals surface area contributed by atoms with E-state index in [0.29, 0.717) is 17.4 Å². The van der Waals surface area contributed by atoms with E-state index in [9.17, 15) is 19.4 Å².